The molecular formula is C16H20N4O3. The monoisotopic (exact) mass is 316 g/mol. The first-order valence-corrected chi connectivity index (χ1v) is 7.09. The van der Waals surface area contributed by atoms with Crippen molar-refractivity contribution in [1.82, 2.24) is 15.1 Å². The van der Waals surface area contributed by atoms with Gasteiger partial charge in [-0.1, -0.05) is 17.3 Å². The lowest BCUT2D eigenvalue weighted by Crippen LogP contribution is -2.29. The molecule has 23 heavy (non-hydrogen) atoms. The zero-order chi connectivity index (χ0) is 17.0. The summed E-state index contributed by atoms with van der Waals surface area (Å²) in [5.41, 5.74) is 2.45. The number of benzene rings is 1. The number of hydrogen-bond donors (Lipinski definition) is 1. The molecule has 0 atom stereocenters. The minimum absolute atomic E-state index is 0.150. The van der Waals surface area contributed by atoms with Crippen LogP contribution in [0.1, 0.15) is 16.7 Å². The van der Waals surface area contributed by atoms with E-state index in [0.29, 0.717) is 17.2 Å². The van der Waals surface area contributed by atoms with Crippen LogP contribution in [0.4, 0.5) is 0 Å². The lowest BCUT2D eigenvalue weighted by atomic mass is 10.0. The molecular weight excluding hydrogens is 296 g/mol. The summed E-state index contributed by atoms with van der Waals surface area (Å²) < 4.78 is 7.59. The number of likely N-dealkylation sites (N-methyl/N-ethyl adjacent to an activating group) is 1. The smallest absolute Gasteiger partial charge is 0.273 e. The number of ether oxygens (including phenoxy) is 1. The summed E-state index contributed by atoms with van der Waals surface area (Å²) >= 11 is 0. The van der Waals surface area contributed by atoms with Gasteiger partial charge in [0.1, 0.15) is 12.9 Å². The number of nitrogens with one attached hydrogen (secondary N) is 1. The van der Waals surface area contributed by atoms with Crippen molar-refractivity contribution in [3.63, 3.8) is 0 Å². The number of carbonyl (C=O) groups excluding carboxylic acids is 1. The van der Waals surface area contributed by atoms with Crippen LogP contribution >= 0.6 is 0 Å². The van der Waals surface area contributed by atoms with Gasteiger partial charge in [0.05, 0.1) is 5.56 Å². The van der Waals surface area contributed by atoms with Crippen molar-refractivity contribution in [3.8, 4) is 11.6 Å². The van der Waals surface area contributed by atoms with Crippen molar-refractivity contribution in [1.29, 1.82) is 0 Å². The molecule has 0 radical (unpaired) electrons. The Hall–Kier alpha value is -2.83. The Kier molecular flexibility index (Phi) is 5.00. The normalized spacial score (nSPS) is 11.3. The zero-order valence-corrected chi connectivity index (χ0v) is 13.9. The highest BCUT2D eigenvalue weighted by Gasteiger charge is 2.22. The Balaban J connectivity index is 2.53. The van der Waals surface area contributed by atoms with Gasteiger partial charge in [-0.25, -0.2) is 0 Å². The van der Waals surface area contributed by atoms with Crippen LogP contribution in [-0.2, 0) is 16.7 Å². The van der Waals surface area contributed by atoms with Crippen LogP contribution in [0, 0.1) is 13.8 Å². The van der Waals surface area contributed by atoms with Crippen LogP contribution in [-0.4, -0.2) is 35.6 Å². The van der Waals surface area contributed by atoms with Crippen LogP contribution in [0.5, 0.6) is 11.6 Å². The second-order valence-corrected chi connectivity index (χ2v) is 5.04. The van der Waals surface area contributed by atoms with E-state index in [2.05, 4.69) is 15.6 Å². The number of carbonyl (C=O) groups is 1. The molecule has 0 aliphatic rings. The molecule has 0 saturated carbocycles. The maximum Gasteiger partial charge on any atom is 0.273 e. The van der Waals surface area contributed by atoms with Crippen LogP contribution in [0.2, 0.25) is 0 Å². The predicted molar refractivity (Wildman–Crippen MR) is 86.8 cm³/mol. The molecule has 0 aliphatic heterocycles. The molecule has 1 aromatic heterocycles. The van der Waals surface area contributed by atoms with Gasteiger partial charge in [0.2, 0.25) is 5.88 Å². The molecule has 0 fully saturated rings. The Morgan fingerprint density at radius 3 is 2.61 bits per heavy atom. The Labute approximate surface area is 134 Å². The first-order chi connectivity index (χ1) is 11.0. The fourth-order valence-electron chi connectivity index (χ4n) is 2.23. The number of hydrogen-bond acceptors (Lipinski definition) is 5. The molecule has 2 rings (SSSR count). The second kappa shape index (κ2) is 6.95. The standard InChI is InChI=1S/C16H20N4O3/c1-10-7-6-8-12(23-16-11(2)9-20(4)18-16)13(10)14(19-22-5)15(21)17-3/h6-9H,1-5H3,(H,17,21)/b19-14+. The number of aryl methyl sites for hydroxylation is 3. The van der Waals surface area contributed by atoms with Crippen molar-refractivity contribution in [3.05, 3.63) is 41.1 Å². The third kappa shape index (κ3) is 3.50. The van der Waals surface area contributed by atoms with E-state index in [1.807, 2.05) is 39.2 Å². The van der Waals surface area contributed by atoms with Crippen LogP contribution in [0.15, 0.2) is 29.6 Å². The van der Waals surface area contributed by atoms with E-state index in [4.69, 9.17) is 9.57 Å². The molecule has 1 heterocycles. The quantitative estimate of drug-likeness (QED) is 0.675. The molecule has 0 spiro atoms. The van der Waals surface area contributed by atoms with Gasteiger partial charge in [-0.15, -0.1) is 5.10 Å². The average molecular weight is 316 g/mol. The van der Waals surface area contributed by atoms with Crippen LogP contribution < -0.4 is 10.1 Å². The van der Waals surface area contributed by atoms with E-state index < -0.39 is 0 Å². The summed E-state index contributed by atoms with van der Waals surface area (Å²) in [5.74, 6) is 0.614. The largest absolute Gasteiger partial charge is 0.437 e. The van der Waals surface area contributed by atoms with E-state index >= 15 is 0 Å². The molecule has 0 bridgehead atoms. The Bertz CT molecular complexity index is 750. The first-order valence-electron chi connectivity index (χ1n) is 7.09. The first kappa shape index (κ1) is 16.5. The number of nitrogens with zero attached hydrogens (tertiary/aromatic N) is 3. The van der Waals surface area contributed by atoms with Crippen molar-refractivity contribution in [2.24, 2.45) is 12.2 Å². The van der Waals surface area contributed by atoms with E-state index in [0.717, 1.165) is 11.1 Å². The van der Waals surface area contributed by atoms with Gasteiger partial charge in [-0.05, 0) is 25.5 Å². The third-order valence-corrected chi connectivity index (χ3v) is 3.27. The number of amides is 1. The highest BCUT2D eigenvalue weighted by molar-refractivity contribution is 6.46. The summed E-state index contributed by atoms with van der Waals surface area (Å²) in [6.07, 6.45) is 1.85. The molecule has 0 aliphatic carbocycles. The fourth-order valence-corrected chi connectivity index (χ4v) is 2.23. The van der Waals surface area contributed by atoms with E-state index in [1.165, 1.54) is 14.2 Å². The highest BCUT2D eigenvalue weighted by Crippen LogP contribution is 2.29. The Morgan fingerprint density at radius 2 is 2.04 bits per heavy atom. The highest BCUT2D eigenvalue weighted by atomic mass is 16.6. The fraction of sp³-hybridized carbons (Fsp3) is 0.312. The van der Waals surface area contributed by atoms with Gasteiger partial charge >= 0.3 is 0 Å². The molecule has 1 N–H and O–H groups in total. The summed E-state index contributed by atoms with van der Waals surface area (Å²) in [5, 5.41) is 10.7. The van der Waals surface area contributed by atoms with Gasteiger partial charge in [0.15, 0.2) is 5.71 Å². The second-order valence-electron chi connectivity index (χ2n) is 5.04. The minimum atomic E-state index is -0.358. The lowest BCUT2D eigenvalue weighted by molar-refractivity contribution is -0.114. The lowest BCUT2D eigenvalue weighted by Gasteiger charge is -2.13. The van der Waals surface area contributed by atoms with Crippen LogP contribution in [0.3, 0.4) is 0 Å². The summed E-state index contributed by atoms with van der Waals surface area (Å²) in [6.45, 7) is 3.78. The Morgan fingerprint density at radius 1 is 1.30 bits per heavy atom. The third-order valence-electron chi connectivity index (χ3n) is 3.27. The average Bonchev–Trinajstić information content (AvgIpc) is 2.83. The van der Waals surface area contributed by atoms with Gasteiger partial charge in [-0.3, -0.25) is 9.48 Å². The van der Waals surface area contributed by atoms with Gasteiger partial charge in [0.25, 0.3) is 5.91 Å². The summed E-state index contributed by atoms with van der Waals surface area (Å²) in [7, 11) is 4.75. The van der Waals surface area contributed by atoms with Crippen LogP contribution in [0.25, 0.3) is 0 Å². The maximum atomic E-state index is 12.1. The van der Waals surface area contributed by atoms with Gasteiger partial charge in [0, 0.05) is 25.9 Å². The minimum Gasteiger partial charge on any atom is -0.437 e. The number of rotatable bonds is 5. The molecule has 1 aromatic carbocycles. The predicted octanol–water partition coefficient (Wildman–Crippen LogP) is 1.93. The molecule has 7 heteroatoms. The molecule has 0 saturated heterocycles. The van der Waals surface area contributed by atoms with Gasteiger partial charge < -0.3 is 14.9 Å². The SMILES string of the molecule is CNC(=O)/C(=N/OC)c1c(C)cccc1Oc1nn(C)cc1C. The van der Waals surface area contributed by atoms with Crippen molar-refractivity contribution in [2.45, 2.75) is 13.8 Å². The van der Waals surface area contributed by atoms with E-state index in [-0.39, 0.29) is 11.6 Å². The van der Waals surface area contributed by atoms with Crippen molar-refractivity contribution >= 4 is 11.6 Å². The molecule has 0 unspecified atom stereocenters. The topological polar surface area (TPSA) is 77.7 Å². The van der Waals surface area contributed by atoms with E-state index in [9.17, 15) is 4.79 Å². The molecule has 7 nitrogen and oxygen atoms in total. The number of oxime groups is 1. The summed E-state index contributed by atoms with van der Waals surface area (Å²) in [6, 6.07) is 5.49. The zero-order valence-electron chi connectivity index (χ0n) is 13.9. The van der Waals surface area contributed by atoms with E-state index in [1.54, 1.807) is 10.7 Å². The molecule has 122 valence electrons. The number of aromatic nitrogens is 2. The molecule has 1 amide bonds. The summed E-state index contributed by atoms with van der Waals surface area (Å²) in [4.78, 5) is 17.0. The maximum absolute atomic E-state index is 12.1. The molecule has 2 aromatic rings. The van der Waals surface area contributed by atoms with Crippen molar-refractivity contribution in [2.75, 3.05) is 14.2 Å². The van der Waals surface area contributed by atoms with Crippen molar-refractivity contribution < 1.29 is 14.4 Å². The van der Waals surface area contributed by atoms with Gasteiger partial charge in [-0.2, -0.15) is 0 Å².